The molecule has 0 fully saturated rings. The smallest absolute Gasteiger partial charge is 0.323 e. The number of halogens is 1. The Labute approximate surface area is 227 Å². The molecule has 0 aliphatic rings. The van der Waals surface area contributed by atoms with Gasteiger partial charge in [-0.3, -0.25) is 4.98 Å². The maximum Gasteiger partial charge on any atom is 0.323 e. The van der Waals surface area contributed by atoms with Crippen LogP contribution in [0.2, 0.25) is 0 Å². The van der Waals surface area contributed by atoms with Gasteiger partial charge in [0.25, 0.3) is 0 Å². The van der Waals surface area contributed by atoms with Crippen molar-refractivity contribution in [2.24, 2.45) is 0 Å². The van der Waals surface area contributed by atoms with Gasteiger partial charge in [0.05, 0.1) is 17.7 Å². The normalized spacial score (nSPS) is 10.7. The van der Waals surface area contributed by atoms with Crippen LogP contribution in [0.25, 0.3) is 10.9 Å². The lowest BCUT2D eigenvalue weighted by molar-refractivity contribution is 0.249. The molecule has 3 aromatic carbocycles. The number of hydrogen-bond donors (Lipinski definition) is 2. The average molecular weight is 528 g/mol. The van der Waals surface area contributed by atoms with Crippen molar-refractivity contribution in [3.05, 3.63) is 84.3 Å². The number of carbonyl (C=O) groups excluding carboxylic acids is 1. The molecule has 4 aromatic rings. The van der Waals surface area contributed by atoms with E-state index in [0.29, 0.717) is 51.7 Å². The number of nitrogens with zero attached hydrogens (tertiary/aromatic N) is 3. The standard InChI is InChI=1S/C30H30FN5O3/c1-3-36(4-2)16-5-17-38-29-19-27-26(18-21(29)20-32)28(14-15-33-27)39-25-12-10-24(11-13-25)35-30(37)34-23-8-6-22(31)7-9-23/h6-15,18-19H,3-5,16-17H2,1-2H3,(H2,34,35,37). The zero-order valence-corrected chi connectivity index (χ0v) is 21.9. The number of rotatable bonds is 11. The zero-order valence-electron chi connectivity index (χ0n) is 21.9. The van der Waals surface area contributed by atoms with Crippen LogP contribution in [-0.2, 0) is 0 Å². The summed E-state index contributed by atoms with van der Waals surface area (Å²) in [5.74, 6) is 1.21. The van der Waals surface area contributed by atoms with E-state index in [1.165, 1.54) is 24.3 Å². The van der Waals surface area contributed by atoms with Crippen LogP contribution in [0.5, 0.6) is 17.2 Å². The van der Waals surface area contributed by atoms with Crippen molar-refractivity contribution in [1.29, 1.82) is 5.26 Å². The Bertz CT molecular complexity index is 1450. The number of hydrogen-bond acceptors (Lipinski definition) is 6. The molecule has 0 atom stereocenters. The summed E-state index contributed by atoms with van der Waals surface area (Å²) >= 11 is 0. The number of ether oxygens (including phenoxy) is 2. The molecular weight excluding hydrogens is 497 g/mol. The van der Waals surface area contributed by atoms with Crippen molar-refractivity contribution < 1.29 is 18.7 Å². The third kappa shape index (κ3) is 7.43. The molecule has 1 heterocycles. The van der Waals surface area contributed by atoms with Crippen molar-refractivity contribution in [3.63, 3.8) is 0 Å². The molecule has 0 saturated heterocycles. The van der Waals surface area contributed by atoms with Crippen LogP contribution >= 0.6 is 0 Å². The second-order valence-corrected chi connectivity index (χ2v) is 8.73. The molecular formula is C30H30FN5O3. The molecule has 0 aliphatic heterocycles. The minimum Gasteiger partial charge on any atom is -0.492 e. The Morgan fingerprint density at radius 2 is 1.64 bits per heavy atom. The maximum absolute atomic E-state index is 13.0. The molecule has 4 rings (SSSR count). The first kappa shape index (κ1) is 27.4. The predicted octanol–water partition coefficient (Wildman–Crippen LogP) is 6.79. The van der Waals surface area contributed by atoms with Gasteiger partial charge in [-0.15, -0.1) is 0 Å². The van der Waals surface area contributed by atoms with Crippen LogP contribution < -0.4 is 20.1 Å². The molecule has 200 valence electrons. The van der Waals surface area contributed by atoms with Crippen molar-refractivity contribution in [3.8, 4) is 23.3 Å². The third-order valence-corrected chi connectivity index (χ3v) is 6.14. The first-order chi connectivity index (χ1) is 19.0. The van der Waals surface area contributed by atoms with Gasteiger partial charge in [-0.2, -0.15) is 5.26 Å². The highest BCUT2D eigenvalue weighted by atomic mass is 19.1. The van der Waals surface area contributed by atoms with E-state index in [-0.39, 0.29) is 5.82 Å². The van der Waals surface area contributed by atoms with E-state index in [1.54, 1.807) is 48.7 Å². The van der Waals surface area contributed by atoms with Gasteiger partial charge in [0.2, 0.25) is 0 Å². The Hall–Kier alpha value is -4.68. The summed E-state index contributed by atoms with van der Waals surface area (Å²) in [5, 5.41) is 15.8. The topological polar surface area (TPSA) is 99.5 Å². The van der Waals surface area contributed by atoms with E-state index in [1.807, 2.05) is 0 Å². The van der Waals surface area contributed by atoms with Crippen molar-refractivity contribution in [2.75, 3.05) is 36.9 Å². The summed E-state index contributed by atoms with van der Waals surface area (Å²) in [6.45, 7) is 7.70. The molecule has 1 aromatic heterocycles. The number of benzene rings is 3. The average Bonchev–Trinajstić information content (AvgIpc) is 2.95. The highest BCUT2D eigenvalue weighted by Crippen LogP contribution is 2.33. The Morgan fingerprint density at radius 1 is 0.974 bits per heavy atom. The highest BCUT2D eigenvalue weighted by molar-refractivity contribution is 5.99. The van der Waals surface area contributed by atoms with Gasteiger partial charge in [-0.25, -0.2) is 9.18 Å². The van der Waals surface area contributed by atoms with Crippen molar-refractivity contribution >= 4 is 28.3 Å². The molecule has 0 aliphatic carbocycles. The SMILES string of the molecule is CCN(CC)CCCOc1cc2nccc(Oc3ccc(NC(=O)Nc4ccc(F)cc4)cc3)c2cc1C#N. The Morgan fingerprint density at radius 3 is 2.28 bits per heavy atom. The van der Waals surface area contributed by atoms with E-state index in [9.17, 15) is 14.4 Å². The maximum atomic E-state index is 13.0. The molecule has 39 heavy (non-hydrogen) atoms. The lowest BCUT2D eigenvalue weighted by Gasteiger charge is -2.18. The molecule has 2 amide bonds. The summed E-state index contributed by atoms with van der Waals surface area (Å²) in [6, 6.07) is 19.3. The first-order valence-corrected chi connectivity index (χ1v) is 12.8. The van der Waals surface area contributed by atoms with Gasteiger partial charge < -0.3 is 25.0 Å². The number of aromatic nitrogens is 1. The number of urea groups is 1. The first-order valence-electron chi connectivity index (χ1n) is 12.8. The minimum atomic E-state index is -0.453. The molecule has 0 radical (unpaired) electrons. The van der Waals surface area contributed by atoms with Crippen molar-refractivity contribution in [2.45, 2.75) is 20.3 Å². The van der Waals surface area contributed by atoms with E-state index in [4.69, 9.17) is 9.47 Å². The Kier molecular flexibility index (Phi) is 9.27. The zero-order chi connectivity index (χ0) is 27.6. The van der Waals surface area contributed by atoms with Gasteiger partial charge in [-0.05, 0) is 80.2 Å². The van der Waals surface area contributed by atoms with Crippen LogP contribution in [0.15, 0.2) is 72.9 Å². The number of fused-ring (bicyclic) bond motifs is 1. The van der Waals surface area contributed by atoms with Gasteiger partial charge in [-0.1, -0.05) is 13.8 Å². The summed E-state index contributed by atoms with van der Waals surface area (Å²) in [4.78, 5) is 19.0. The number of nitrogens with one attached hydrogen (secondary N) is 2. The molecule has 0 unspecified atom stereocenters. The molecule has 0 saturated carbocycles. The van der Waals surface area contributed by atoms with Crippen LogP contribution in [-0.4, -0.2) is 42.2 Å². The molecule has 0 spiro atoms. The van der Waals surface area contributed by atoms with Crippen LogP contribution in [0, 0.1) is 17.1 Å². The summed E-state index contributed by atoms with van der Waals surface area (Å²) in [6.07, 6.45) is 2.50. The summed E-state index contributed by atoms with van der Waals surface area (Å²) in [5.41, 5.74) is 2.09. The van der Waals surface area contributed by atoms with Gasteiger partial charge in [0, 0.05) is 35.6 Å². The van der Waals surface area contributed by atoms with E-state index >= 15 is 0 Å². The van der Waals surface area contributed by atoms with Crippen molar-refractivity contribution in [1.82, 2.24) is 9.88 Å². The highest BCUT2D eigenvalue weighted by Gasteiger charge is 2.12. The fourth-order valence-corrected chi connectivity index (χ4v) is 4.01. The molecule has 2 N–H and O–H groups in total. The lowest BCUT2D eigenvalue weighted by Crippen LogP contribution is -2.25. The van der Waals surface area contributed by atoms with Crippen LogP contribution in [0.1, 0.15) is 25.8 Å². The number of nitriles is 1. The van der Waals surface area contributed by atoms with Gasteiger partial charge >= 0.3 is 6.03 Å². The van der Waals surface area contributed by atoms with E-state index in [0.717, 1.165) is 26.1 Å². The fraction of sp³-hybridized carbons (Fsp3) is 0.233. The van der Waals surface area contributed by atoms with Crippen LogP contribution in [0.3, 0.4) is 0 Å². The van der Waals surface area contributed by atoms with Crippen LogP contribution in [0.4, 0.5) is 20.6 Å². The van der Waals surface area contributed by atoms with Gasteiger partial charge in [0.1, 0.15) is 29.1 Å². The quantitative estimate of drug-likeness (QED) is 0.208. The third-order valence-electron chi connectivity index (χ3n) is 6.14. The number of carbonyl (C=O) groups is 1. The second kappa shape index (κ2) is 13.2. The second-order valence-electron chi connectivity index (χ2n) is 8.73. The number of anilines is 2. The Balaban J connectivity index is 1.41. The largest absolute Gasteiger partial charge is 0.492 e. The van der Waals surface area contributed by atoms with E-state index < -0.39 is 6.03 Å². The monoisotopic (exact) mass is 527 g/mol. The predicted molar refractivity (Wildman–Crippen MR) is 150 cm³/mol. The fourth-order valence-electron chi connectivity index (χ4n) is 4.01. The minimum absolute atomic E-state index is 0.377. The van der Waals surface area contributed by atoms with E-state index in [2.05, 4.69) is 40.4 Å². The molecule has 8 nitrogen and oxygen atoms in total. The summed E-state index contributed by atoms with van der Waals surface area (Å²) in [7, 11) is 0. The summed E-state index contributed by atoms with van der Waals surface area (Å²) < 4.78 is 25.1. The number of pyridine rings is 1. The molecule has 0 bridgehead atoms. The lowest BCUT2D eigenvalue weighted by atomic mass is 10.1. The number of amides is 2. The van der Waals surface area contributed by atoms with Gasteiger partial charge in [0.15, 0.2) is 0 Å². The molecule has 9 heteroatoms.